The zero-order valence-electron chi connectivity index (χ0n) is 14.0. The Labute approximate surface area is 141 Å². The highest BCUT2D eigenvalue weighted by Gasteiger charge is 2.29. The first-order valence-corrected chi connectivity index (χ1v) is 8.61. The van der Waals surface area contributed by atoms with E-state index in [4.69, 9.17) is 9.26 Å². The minimum absolute atomic E-state index is 0.0122. The molecule has 24 heavy (non-hydrogen) atoms. The average Bonchev–Trinajstić information content (AvgIpc) is 3.28. The van der Waals surface area contributed by atoms with Crippen LogP contribution >= 0.6 is 0 Å². The van der Waals surface area contributed by atoms with E-state index >= 15 is 0 Å². The third kappa shape index (κ3) is 3.27. The molecule has 128 valence electrons. The minimum atomic E-state index is 0.0122. The van der Waals surface area contributed by atoms with Gasteiger partial charge in [0, 0.05) is 32.4 Å². The van der Waals surface area contributed by atoms with Gasteiger partial charge in [0.1, 0.15) is 11.9 Å². The van der Waals surface area contributed by atoms with Crippen LogP contribution in [-0.2, 0) is 11.3 Å². The molecule has 0 bridgehead atoms. The van der Waals surface area contributed by atoms with Crippen LogP contribution in [0.4, 0.5) is 5.82 Å². The second kappa shape index (κ2) is 6.86. The summed E-state index contributed by atoms with van der Waals surface area (Å²) in [5.41, 5.74) is 1.20. The quantitative estimate of drug-likeness (QED) is 0.849. The van der Waals surface area contributed by atoms with Crippen molar-refractivity contribution in [2.24, 2.45) is 0 Å². The lowest BCUT2D eigenvalue weighted by Crippen LogP contribution is -2.39. The molecule has 2 aliphatic heterocycles. The lowest BCUT2D eigenvalue weighted by atomic mass is 10.2. The predicted molar refractivity (Wildman–Crippen MR) is 88.7 cm³/mol. The molecule has 0 N–H and O–H groups in total. The highest BCUT2D eigenvalue weighted by molar-refractivity contribution is 5.40. The van der Waals surface area contributed by atoms with Crippen molar-refractivity contribution in [2.45, 2.75) is 32.4 Å². The topological polar surface area (TPSA) is 67.5 Å². The summed E-state index contributed by atoms with van der Waals surface area (Å²) >= 11 is 0. The Hall–Kier alpha value is -1.99. The molecular formula is C17H23N5O2. The van der Waals surface area contributed by atoms with E-state index in [1.54, 1.807) is 0 Å². The Morgan fingerprint density at radius 1 is 1.21 bits per heavy atom. The summed E-state index contributed by atoms with van der Waals surface area (Å²) in [6.07, 6.45) is 4.52. The van der Waals surface area contributed by atoms with Crippen LogP contribution in [-0.4, -0.2) is 52.9 Å². The van der Waals surface area contributed by atoms with Gasteiger partial charge in [0.2, 0.25) is 5.89 Å². The molecule has 0 unspecified atom stereocenters. The summed E-state index contributed by atoms with van der Waals surface area (Å²) in [4.78, 5) is 13.7. The first kappa shape index (κ1) is 15.5. The van der Waals surface area contributed by atoms with Crippen LogP contribution in [0.3, 0.4) is 0 Å². The van der Waals surface area contributed by atoms with Crippen molar-refractivity contribution in [3.05, 3.63) is 35.6 Å². The number of hydrogen-bond acceptors (Lipinski definition) is 7. The molecule has 1 atom stereocenters. The number of aromatic nitrogens is 3. The zero-order valence-corrected chi connectivity index (χ0v) is 14.0. The van der Waals surface area contributed by atoms with Crippen molar-refractivity contribution in [2.75, 3.05) is 37.7 Å². The molecule has 2 fully saturated rings. The second-order valence-corrected chi connectivity index (χ2v) is 6.46. The molecular weight excluding hydrogens is 306 g/mol. The van der Waals surface area contributed by atoms with Crippen molar-refractivity contribution in [1.82, 2.24) is 20.0 Å². The van der Waals surface area contributed by atoms with Crippen LogP contribution in [0.5, 0.6) is 0 Å². The largest absolute Gasteiger partial charge is 0.378 e. The van der Waals surface area contributed by atoms with Gasteiger partial charge in [0.25, 0.3) is 0 Å². The summed E-state index contributed by atoms with van der Waals surface area (Å²) in [6.45, 7) is 7.04. The molecule has 4 heterocycles. The van der Waals surface area contributed by atoms with Crippen LogP contribution in [0.25, 0.3) is 0 Å². The SMILES string of the molecule is Cc1noc([C@H]2COCCN2Cc2ccc(N3CCCC3)nc2)n1. The highest BCUT2D eigenvalue weighted by atomic mass is 16.5. The zero-order chi connectivity index (χ0) is 16.4. The normalized spacial score (nSPS) is 22.2. The Morgan fingerprint density at radius 3 is 2.79 bits per heavy atom. The van der Waals surface area contributed by atoms with E-state index in [1.807, 2.05) is 13.1 Å². The van der Waals surface area contributed by atoms with Gasteiger partial charge >= 0.3 is 0 Å². The molecule has 0 amide bonds. The summed E-state index contributed by atoms with van der Waals surface area (Å²) < 4.78 is 11.0. The fraction of sp³-hybridized carbons (Fsp3) is 0.588. The number of ether oxygens (including phenoxy) is 1. The predicted octanol–water partition coefficient (Wildman–Crippen LogP) is 1.95. The van der Waals surface area contributed by atoms with Crippen LogP contribution in [0, 0.1) is 6.92 Å². The van der Waals surface area contributed by atoms with Gasteiger partial charge in [-0.1, -0.05) is 11.2 Å². The molecule has 0 radical (unpaired) electrons. The maximum Gasteiger partial charge on any atom is 0.246 e. The summed E-state index contributed by atoms with van der Waals surface area (Å²) in [5, 5.41) is 3.90. The molecule has 2 aromatic heterocycles. The number of rotatable bonds is 4. The van der Waals surface area contributed by atoms with Gasteiger partial charge in [-0.05, 0) is 31.4 Å². The molecule has 2 aliphatic rings. The first-order chi connectivity index (χ1) is 11.8. The van der Waals surface area contributed by atoms with Gasteiger partial charge in [0.05, 0.1) is 13.2 Å². The summed E-state index contributed by atoms with van der Waals surface area (Å²) in [7, 11) is 0. The molecule has 0 saturated carbocycles. The van der Waals surface area contributed by atoms with Crippen LogP contribution in [0.1, 0.15) is 36.2 Å². The number of morpholine rings is 1. The standard InChI is InChI=1S/C17H23N5O2/c1-13-19-17(24-20-13)15-12-23-9-8-22(15)11-14-4-5-16(18-10-14)21-6-2-3-7-21/h4-5,10,15H,2-3,6-9,11-12H2,1H3/t15-/m1/s1. The van der Waals surface area contributed by atoms with Crippen molar-refractivity contribution < 1.29 is 9.26 Å². The smallest absolute Gasteiger partial charge is 0.246 e. The number of hydrogen-bond donors (Lipinski definition) is 0. The van der Waals surface area contributed by atoms with Gasteiger partial charge in [-0.2, -0.15) is 4.98 Å². The number of nitrogens with zero attached hydrogens (tertiary/aromatic N) is 5. The van der Waals surface area contributed by atoms with E-state index in [9.17, 15) is 0 Å². The Bertz CT molecular complexity index is 666. The fourth-order valence-electron chi connectivity index (χ4n) is 3.38. The average molecular weight is 329 g/mol. The maximum atomic E-state index is 5.61. The van der Waals surface area contributed by atoms with Gasteiger partial charge in [-0.25, -0.2) is 4.98 Å². The van der Waals surface area contributed by atoms with Crippen molar-refractivity contribution in [1.29, 1.82) is 0 Å². The number of aryl methyl sites for hydroxylation is 1. The van der Waals surface area contributed by atoms with Crippen LogP contribution in [0.2, 0.25) is 0 Å². The number of pyridine rings is 1. The third-order valence-corrected chi connectivity index (χ3v) is 4.69. The van der Waals surface area contributed by atoms with Crippen molar-refractivity contribution in [3.8, 4) is 0 Å². The molecule has 4 rings (SSSR count). The van der Waals surface area contributed by atoms with Crippen LogP contribution < -0.4 is 4.90 Å². The van der Waals surface area contributed by atoms with Gasteiger partial charge < -0.3 is 14.2 Å². The first-order valence-electron chi connectivity index (χ1n) is 8.61. The molecule has 7 nitrogen and oxygen atoms in total. The van der Waals surface area contributed by atoms with E-state index in [0.29, 0.717) is 18.3 Å². The molecule has 7 heteroatoms. The van der Waals surface area contributed by atoms with Gasteiger partial charge in [-0.15, -0.1) is 0 Å². The van der Waals surface area contributed by atoms with E-state index in [0.717, 1.165) is 38.6 Å². The molecule has 0 aliphatic carbocycles. The monoisotopic (exact) mass is 329 g/mol. The van der Waals surface area contributed by atoms with Crippen molar-refractivity contribution in [3.63, 3.8) is 0 Å². The van der Waals surface area contributed by atoms with Gasteiger partial charge in [-0.3, -0.25) is 4.90 Å². The Balaban J connectivity index is 1.46. The van der Waals surface area contributed by atoms with E-state index in [1.165, 1.54) is 18.4 Å². The van der Waals surface area contributed by atoms with Gasteiger partial charge in [0.15, 0.2) is 5.82 Å². The van der Waals surface area contributed by atoms with E-state index in [-0.39, 0.29) is 6.04 Å². The van der Waals surface area contributed by atoms with E-state index < -0.39 is 0 Å². The second-order valence-electron chi connectivity index (χ2n) is 6.46. The lowest BCUT2D eigenvalue weighted by molar-refractivity contribution is -0.0241. The molecule has 0 spiro atoms. The Morgan fingerprint density at radius 2 is 2.08 bits per heavy atom. The maximum absolute atomic E-state index is 5.61. The number of anilines is 1. The molecule has 2 aromatic rings. The van der Waals surface area contributed by atoms with E-state index in [2.05, 4.69) is 37.1 Å². The third-order valence-electron chi connectivity index (χ3n) is 4.69. The summed E-state index contributed by atoms with van der Waals surface area (Å²) in [6, 6.07) is 4.32. The Kier molecular flexibility index (Phi) is 4.44. The molecule has 2 saturated heterocycles. The molecule has 0 aromatic carbocycles. The van der Waals surface area contributed by atoms with Crippen molar-refractivity contribution >= 4 is 5.82 Å². The fourth-order valence-corrected chi connectivity index (χ4v) is 3.38. The van der Waals surface area contributed by atoms with Crippen LogP contribution in [0.15, 0.2) is 22.9 Å². The summed E-state index contributed by atoms with van der Waals surface area (Å²) in [5.74, 6) is 2.38. The lowest BCUT2D eigenvalue weighted by Gasteiger charge is -2.33. The minimum Gasteiger partial charge on any atom is -0.378 e. The highest BCUT2D eigenvalue weighted by Crippen LogP contribution is 2.25.